The van der Waals surface area contributed by atoms with Gasteiger partial charge < -0.3 is 34.7 Å². The van der Waals surface area contributed by atoms with Crippen LogP contribution in [0.1, 0.15) is 27.7 Å². The lowest BCUT2D eigenvalue weighted by Crippen LogP contribution is -2.62. The zero-order valence-corrected chi connectivity index (χ0v) is 18.0. The third-order valence-electron chi connectivity index (χ3n) is 5.12. The van der Waals surface area contributed by atoms with Gasteiger partial charge in [0.15, 0.2) is 17.1 Å². The number of carbonyl (C=O) groups excluding carboxylic acids is 1. The summed E-state index contributed by atoms with van der Waals surface area (Å²) in [7, 11) is 0. The monoisotopic (exact) mass is 424 g/mol. The van der Waals surface area contributed by atoms with Crippen molar-refractivity contribution in [3.8, 4) is 11.5 Å². The summed E-state index contributed by atoms with van der Waals surface area (Å²) < 4.78 is 23.1. The van der Waals surface area contributed by atoms with E-state index >= 15 is 0 Å². The lowest BCUT2D eigenvalue weighted by molar-refractivity contribution is -0.195. The predicted molar refractivity (Wildman–Crippen MR) is 110 cm³/mol. The highest BCUT2D eigenvalue weighted by Gasteiger charge is 2.46. The fourth-order valence-corrected chi connectivity index (χ4v) is 3.10. The molecule has 30 heavy (non-hydrogen) atoms. The number of hydrogen-bond acceptors (Lipinski definition) is 7. The number of para-hydroxylation sites is 2. The van der Waals surface area contributed by atoms with Crippen molar-refractivity contribution >= 4 is 12.1 Å². The molecule has 1 heterocycles. The summed E-state index contributed by atoms with van der Waals surface area (Å²) in [6.45, 7) is 7.97. The van der Waals surface area contributed by atoms with Crippen molar-refractivity contribution in [2.75, 3.05) is 32.9 Å². The van der Waals surface area contributed by atoms with Gasteiger partial charge in [-0.1, -0.05) is 26.0 Å². The molecule has 1 aliphatic heterocycles. The molecule has 168 valence electrons. The molecule has 0 bridgehead atoms. The Labute approximate surface area is 177 Å². The highest BCUT2D eigenvalue weighted by molar-refractivity contribution is 5.76. The first-order valence-corrected chi connectivity index (χ1v) is 10.1. The van der Waals surface area contributed by atoms with Gasteiger partial charge in [0.25, 0.3) is 0 Å². The molecule has 1 aromatic carbocycles. The van der Waals surface area contributed by atoms with E-state index in [9.17, 15) is 14.7 Å². The molecule has 1 amide bonds. The molecule has 3 unspecified atom stereocenters. The molecular weight excluding hydrogens is 392 g/mol. The van der Waals surface area contributed by atoms with Gasteiger partial charge in [-0.2, -0.15) is 0 Å². The fraction of sp³-hybridized carbons (Fsp3) is 0.619. The molecule has 0 aromatic heterocycles. The molecule has 0 spiro atoms. The number of amides is 1. The van der Waals surface area contributed by atoms with Crippen LogP contribution in [-0.4, -0.2) is 72.7 Å². The molecule has 3 atom stereocenters. The van der Waals surface area contributed by atoms with E-state index in [-0.39, 0.29) is 32.2 Å². The van der Waals surface area contributed by atoms with Gasteiger partial charge in [0, 0.05) is 6.54 Å². The summed E-state index contributed by atoms with van der Waals surface area (Å²) >= 11 is 0. The second-order valence-electron chi connectivity index (χ2n) is 7.63. The van der Waals surface area contributed by atoms with E-state index in [0.29, 0.717) is 18.1 Å². The highest BCUT2D eigenvalue weighted by Crippen LogP contribution is 2.31. The smallest absolute Gasteiger partial charge is 0.407 e. The van der Waals surface area contributed by atoms with E-state index in [2.05, 4.69) is 0 Å². The van der Waals surface area contributed by atoms with Gasteiger partial charge in [0.2, 0.25) is 0 Å². The molecule has 0 saturated carbocycles. The number of esters is 1. The van der Waals surface area contributed by atoms with Gasteiger partial charge >= 0.3 is 12.1 Å². The molecule has 1 aromatic rings. The second kappa shape index (κ2) is 10.5. The summed E-state index contributed by atoms with van der Waals surface area (Å²) in [5, 5.41) is 9.48. The molecule has 2 rings (SSSR count). The van der Waals surface area contributed by atoms with E-state index < -0.39 is 29.8 Å². The zero-order valence-electron chi connectivity index (χ0n) is 18.0. The summed E-state index contributed by atoms with van der Waals surface area (Å²) in [6.07, 6.45) is -1.87. The first kappa shape index (κ1) is 23.8. The van der Waals surface area contributed by atoms with Crippen LogP contribution < -0.4 is 15.2 Å². The molecular formula is C21H32N2O7. The number of carboxylic acid groups (broad SMARTS) is 1. The van der Waals surface area contributed by atoms with Gasteiger partial charge in [-0.3, -0.25) is 4.79 Å². The topological polar surface area (TPSA) is 121 Å². The van der Waals surface area contributed by atoms with E-state index in [1.165, 1.54) is 4.90 Å². The normalized spacial score (nSPS) is 21.1. The van der Waals surface area contributed by atoms with Gasteiger partial charge in [0.1, 0.15) is 18.8 Å². The number of rotatable bonds is 9. The van der Waals surface area contributed by atoms with Gasteiger partial charge in [-0.15, -0.1) is 0 Å². The zero-order chi connectivity index (χ0) is 22.3. The number of hydrogen-bond donors (Lipinski definition) is 2. The number of ether oxygens (including phenoxy) is 4. The van der Waals surface area contributed by atoms with E-state index in [0.717, 1.165) is 0 Å². The summed E-state index contributed by atoms with van der Waals surface area (Å²) in [4.78, 5) is 25.2. The Morgan fingerprint density at radius 2 is 1.87 bits per heavy atom. The Hall–Kier alpha value is -2.52. The Bertz CT molecular complexity index is 727. The third kappa shape index (κ3) is 5.76. The van der Waals surface area contributed by atoms with Crippen molar-refractivity contribution in [3.05, 3.63) is 24.3 Å². The molecule has 0 aliphatic carbocycles. The number of nitrogens with two attached hydrogens (primary N) is 1. The third-order valence-corrected chi connectivity index (χ3v) is 5.12. The van der Waals surface area contributed by atoms with Crippen LogP contribution in [0.25, 0.3) is 0 Å². The Morgan fingerprint density at radius 3 is 2.43 bits per heavy atom. The first-order chi connectivity index (χ1) is 14.2. The Morgan fingerprint density at radius 1 is 1.23 bits per heavy atom. The van der Waals surface area contributed by atoms with Crippen molar-refractivity contribution in [3.63, 3.8) is 0 Å². The van der Waals surface area contributed by atoms with Crippen LogP contribution in [0.3, 0.4) is 0 Å². The van der Waals surface area contributed by atoms with Gasteiger partial charge in [0.05, 0.1) is 19.8 Å². The van der Waals surface area contributed by atoms with Crippen LogP contribution in [0.2, 0.25) is 0 Å². The first-order valence-electron chi connectivity index (χ1n) is 10.1. The van der Waals surface area contributed by atoms with E-state index in [1.807, 2.05) is 26.8 Å². The minimum Gasteiger partial charge on any atom is -0.490 e. The molecule has 9 nitrogen and oxygen atoms in total. The number of morpholine rings is 1. The standard InChI is InChI=1S/C21H32N2O7/c1-5-27-16-8-6-7-9-17(16)28-13-21(12-23(20(25)26)10-11-29-21)15(4)30-19(24)18(22)14(2)3/h6-9,14-15,18H,5,10-13,22H2,1-4H3,(H,25,26). The van der Waals surface area contributed by atoms with Gasteiger partial charge in [-0.05, 0) is 31.9 Å². The maximum Gasteiger partial charge on any atom is 0.407 e. The second-order valence-corrected chi connectivity index (χ2v) is 7.63. The maximum absolute atomic E-state index is 12.4. The summed E-state index contributed by atoms with van der Waals surface area (Å²) in [6, 6.07) is 6.38. The van der Waals surface area contributed by atoms with Crippen LogP contribution in [0.4, 0.5) is 4.79 Å². The number of nitrogens with zero attached hydrogens (tertiary/aromatic N) is 1. The number of carbonyl (C=O) groups is 2. The minimum atomic E-state index is -1.19. The van der Waals surface area contributed by atoms with Crippen LogP contribution in [0.5, 0.6) is 11.5 Å². The van der Waals surface area contributed by atoms with Crippen LogP contribution >= 0.6 is 0 Å². The molecule has 3 N–H and O–H groups in total. The SMILES string of the molecule is CCOc1ccccc1OCC1(C(C)OC(=O)C(N)C(C)C)CN(C(=O)O)CCO1. The van der Waals surface area contributed by atoms with E-state index in [4.69, 9.17) is 24.7 Å². The lowest BCUT2D eigenvalue weighted by Gasteiger charge is -2.44. The van der Waals surface area contributed by atoms with Crippen molar-refractivity contribution < 1.29 is 33.6 Å². The van der Waals surface area contributed by atoms with Crippen molar-refractivity contribution in [1.82, 2.24) is 4.90 Å². The average Bonchev–Trinajstić information content (AvgIpc) is 2.72. The highest BCUT2D eigenvalue weighted by atomic mass is 16.6. The predicted octanol–water partition coefficient (Wildman–Crippen LogP) is 2.13. The molecule has 0 radical (unpaired) electrons. The molecule has 1 fully saturated rings. The number of benzene rings is 1. The largest absolute Gasteiger partial charge is 0.490 e. The minimum absolute atomic E-state index is 0.00943. The molecule has 1 aliphatic rings. The Kier molecular flexibility index (Phi) is 8.31. The van der Waals surface area contributed by atoms with Crippen LogP contribution in [0, 0.1) is 5.92 Å². The quantitative estimate of drug-likeness (QED) is 0.579. The average molecular weight is 424 g/mol. The lowest BCUT2D eigenvalue weighted by atomic mass is 9.95. The molecule has 9 heteroatoms. The Balaban J connectivity index is 2.24. The fourth-order valence-electron chi connectivity index (χ4n) is 3.10. The summed E-state index contributed by atoms with van der Waals surface area (Å²) in [5.74, 6) is 0.389. The van der Waals surface area contributed by atoms with Crippen LogP contribution in [-0.2, 0) is 14.3 Å². The van der Waals surface area contributed by atoms with Crippen LogP contribution in [0.15, 0.2) is 24.3 Å². The molecule has 1 saturated heterocycles. The van der Waals surface area contributed by atoms with Crippen molar-refractivity contribution in [2.24, 2.45) is 11.7 Å². The summed E-state index contributed by atoms with van der Waals surface area (Å²) in [5.41, 5.74) is 4.71. The maximum atomic E-state index is 12.4. The van der Waals surface area contributed by atoms with Crippen molar-refractivity contribution in [2.45, 2.75) is 45.4 Å². The van der Waals surface area contributed by atoms with Crippen molar-refractivity contribution in [1.29, 1.82) is 0 Å². The van der Waals surface area contributed by atoms with E-state index in [1.54, 1.807) is 25.1 Å². The van der Waals surface area contributed by atoms with Gasteiger partial charge in [-0.25, -0.2) is 4.79 Å².